The molecular formula is C54H47NO. The van der Waals surface area contributed by atoms with Crippen LogP contribution in [0.25, 0.3) is 65.7 Å². The number of hydrogen-bond acceptors (Lipinski definition) is 2. The molecule has 0 aliphatic heterocycles. The van der Waals surface area contributed by atoms with E-state index < -0.39 is 0 Å². The predicted octanol–water partition coefficient (Wildman–Crippen LogP) is 15.8. The molecule has 0 N–H and O–H groups in total. The molecule has 0 radical (unpaired) electrons. The lowest BCUT2D eigenvalue weighted by Gasteiger charge is -2.33. The Kier molecular flexibility index (Phi) is 7.97. The average molecular weight is 726 g/mol. The Morgan fingerprint density at radius 1 is 0.500 bits per heavy atom. The number of para-hydroxylation sites is 1. The van der Waals surface area contributed by atoms with Gasteiger partial charge in [0.1, 0.15) is 11.2 Å². The number of nitrogens with zero attached hydrogens (tertiary/aromatic N) is 1. The average Bonchev–Trinajstić information content (AvgIpc) is 3.73. The van der Waals surface area contributed by atoms with E-state index in [-0.39, 0.29) is 10.8 Å². The molecule has 8 aromatic carbocycles. The maximum absolute atomic E-state index is 6.49. The molecule has 0 bridgehead atoms. The van der Waals surface area contributed by atoms with Gasteiger partial charge in [-0.2, -0.15) is 0 Å². The first-order valence-corrected chi connectivity index (χ1v) is 20.4. The molecule has 2 heteroatoms. The molecule has 274 valence electrons. The van der Waals surface area contributed by atoms with Crippen LogP contribution in [-0.2, 0) is 10.8 Å². The van der Waals surface area contributed by atoms with Crippen LogP contribution in [0.2, 0.25) is 0 Å². The van der Waals surface area contributed by atoms with Crippen molar-refractivity contribution in [3.05, 3.63) is 174 Å². The first kappa shape index (κ1) is 34.4. The second kappa shape index (κ2) is 13.0. The Hall–Kier alpha value is -6.12. The van der Waals surface area contributed by atoms with Gasteiger partial charge in [-0.1, -0.05) is 138 Å². The minimum Gasteiger partial charge on any atom is -0.456 e. The highest BCUT2D eigenvalue weighted by Crippen LogP contribution is 2.53. The van der Waals surface area contributed by atoms with E-state index in [2.05, 4.69) is 197 Å². The highest BCUT2D eigenvalue weighted by molar-refractivity contribution is 6.18. The number of furan rings is 1. The van der Waals surface area contributed by atoms with E-state index in [0.717, 1.165) is 58.3 Å². The summed E-state index contributed by atoms with van der Waals surface area (Å²) in [4.78, 5) is 2.50. The molecule has 1 aliphatic rings. The number of hydrogen-bond donors (Lipinski definition) is 0. The number of fused-ring (bicyclic) bond motifs is 8. The summed E-state index contributed by atoms with van der Waals surface area (Å²) in [5.74, 6) is 0. The van der Waals surface area contributed by atoms with E-state index >= 15 is 0 Å². The zero-order chi connectivity index (χ0) is 38.2. The highest BCUT2D eigenvalue weighted by Gasteiger charge is 2.36. The van der Waals surface area contributed by atoms with E-state index in [9.17, 15) is 0 Å². The van der Waals surface area contributed by atoms with Gasteiger partial charge in [-0.05, 0) is 134 Å². The number of anilines is 3. The fourth-order valence-electron chi connectivity index (χ4n) is 10.0. The van der Waals surface area contributed by atoms with Crippen molar-refractivity contribution in [2.24, 2.45) is 0 Å². The Balaban J connectivity index is 1.26. The molecule has 10 rings (SSSR count). The van der Waals surface area contributed by atoms with E-state index in [1.54, 1.807) is 0 Å². The molecular weight excluding hydrogens is 679 g/mol. The van der Waals surface area contributed by atoms with Crippen molar-refractivity contribution < 1.29 is 4.42 Å². The van der Waals surface area contributed by atoms with Gasteiger partial charge in [0.25, 0.3) is 0 Å². The summed E-state index contributed by atoms with van der Waals surface area (Å²) >= 11 is 0. The molecule has 56 heavy (non-hydrogen) atoms. The van der Waals surface area contributed by atoms with Gasteiger partial charge < -0.3 is 9.32 Å². The predicted molar refractivity (Wildman–Crippen MR) is 239 cm³/mol. The maximum atomic E-state index is 6.49. The van der Waals surface area contributed by atoms with Crippen LogP contribution in [0.3, 0.4) is 0 Å². The lowest BCUT2D eigenvalue weighted by molar-refractivity contribution is 0.382. The highest BCUT2D eigenvalue weighted by atomic mass is 16.3. The first-order chi connectivity index (χ1) is 27.3. The van der Waals surface area contributed by atoms with E-state index in [1.807, 2.05) is 0 Å². The molecule has 0 unspecified atom stereocenters. The lowest BCUT2D eigenvalue weighted by Crippen LogP contribution is -2.23. The van der Waals surface area contributed by atoms with Gasteiger partial charge in [0.05, 0.1) is 5.69 Å². The number of benzene rings is 8. The summed E-state index contributed by atoms with van der Waals surface area (Å²) in [7, 11) is 0. The molecule has 9 aromatic rings. The third-order valence-electron chi connectivity index (χ3n) is 13.4. The first-order valence-electron chi connectivity index (χ1n) is 20.4. The van der Waals surface area contributed by atoms with Crippen LogP contribution in [0.15, 0.2) is 162 Å². The zero-order valence-corrected chi connectivity index (χ0v) is 33.0. The quantitative estimate of drug-likeness (QED) is 0.155. The van der Waals surface area contributed by atoms with Crippen LogP contribution in [0.5, 0.6) is 0 Å². The van der Waals surface area contributed by atoms with Crippen molar-refractivity contribution in [1.29, 1.82) is 0 Å². The second-order valence-electron chi connectivity index (χ2n) is 16.3. The SMILES string of the molecule is CCC(CC)(CC)c1ccc(N(c2ccc3c(c2)-c2cc4ccccc4cc2C3(C)C)c2ccc3ccccc3c2-c2cccc3oc4ccccc4c23)cc1. The summed E-state index contributed by atoms with van der Waals surface area (Å²) in [5, 5.41) is 7.26. The third-order valence-corrected chi connectivity index (χ3v) is 13.4. The molecule has 0 fully saturated rings. The van der Waals surface area contributed by atoms with Crippen LogP contribution >= 0.6 is 0 Å². The Morgan fingerprint density at radius 3 is 1.88 bits per heavy atom. The van der Waals surface area contributed by atoms with Gasteiger partial charge in [-0.25, -0.2) is 0 Å². The fourth-order valence-corrected chi connectivity index (χ4v) is 10.0. The Labute approximate surface area is 330 Å². The summed E-state index contributed by atoms with van der Waals surface area (Å²) in [5.41, 5.74) is 14.4. The van der Waals surface area contributed by atoms with Crippen LogP contribution in [0.1, 0.15) is 70.6 Å². The normalized spacial score (nSPS) is 13.4. The molecule has 0 amide bonds. The smallest absolute Gasteiger partial charge is 0.136 e. The third kappa shape index (κ3) is 5.08. The van der Waals surface area contributed by atoms with Crippen LogP contribution in [-0.4, -0.2) is 0 Å². The largest absolute Gasteiger partial charge is 0.456 e. The molecule has 1 aromatic heterocycles. The minimum atomic E-state index is -0.115. The zero-order valence-electron chi connectivity index (χ0n) is 33.0. The summed E-state index contributed by atoms with van der Waals surface area (Å²) < 4.78 is 6.49. The molecule has 0 spiro atoms. The van der Waals surface area contributed by atoms with Crippen molar-refractivity contribution in [2.45, 2.75) is 64.7 Å². The fraction of sp³-hybridized carbons (Fsp3) is 0.185. The summed E-state index contributed by atoms with van der Waals surface area (Å²) in [6.45, 7) is 11.8. The Bertz CT molecular complexity index is 2950. The molecule has 1 aliphatic carbocycles. The van der Waals surface area contributed by atoms with Crippen molar-refractivity contribution >= 4 is 60.5 Å². The van der Waals surface area contributed by atoms with Crippen molar-refractivity contribution in [3.63, 3.8) is 0 Å². The van der Waals surface area contributed by atoms with E-state index in [1.165, 1.54) is 60.5 Å². The van der Waals surface area contributed by atoms with Crippen LogP contribution < -0.4 is 4.90 Å². The van der Waals surface area contributed by atoms with E-state index in [0.29, 0.717) is 0 Å². The van der Waals surface area contributed by atoms with Crippen molar-refractivity contribution in [2.75, 3.05) is 4.90 Å². The molecule has 0 atom stereocenters. The summed E-state index contributed by atoms with van der Waals surface area (Å²) in [6.07, 6.45) is 3.36. The van der Waals surface area contributed by atoms with Gasteiger partial charge in [0.15, 0.2) is 0 Å². The van der Waals surface area contributed by atoms with Crippen molar-refractivity contribution in [1.82, 2.24) is 0 Å². The van der Waals surface area contributed by atoms with Gasteiger partial charge >= 0.3 is 0 Å². The molecule has 2 nitrogen and oxygen atoms in total. The van der Waals surface area contributed by atoms with Gasteiger partial charge in [-0.15, -0.1) is 0 Å². The van der Waals surface area contributed by atoms with Gasteiger partial charge in [-0.3, -0.25) is 0 Å². The second-order valence-corrected chi connectivity index (χ2v) is 16.3. The minimum absolute atomic E-state index is 0.115. The van der Waals surface area contributed by atoms with Gasteiger partial charge in [0, 0.05) is 33.1 Å². The molecule has 0 saturated carbocycles. The van der Waals surface area contributed by atoms with Crippen molar-refractivity contribution in [3.8, 4) is 22.3 Å². The maximum Gasteiger partial charge on any atom is 0.136 e. The monoisotopic (exact) mass is 725 g/mol. The summed E-state index contributed by atoms with van der Waals surface area (Å²) in [6, 6.07) is 58.7. The lowest BCUT2D eigenvalue weighted by atomic mass is 9.74. The number of rotatable bonds is 8. The van der Waals surface area contributed by atoms with Crippen LogP contribution in [0.4, 0.5) is 17.1 Å². The van der Waals surface area contributed by atoms with Crippen LogP contribution in [0, 0.1) is 0 Å². The van der Waals surface area contributed by atoms with E-state index in [4.69, 9.17) is 4.42 Å². The molecule has 0 saturated heterocycles. The molecule has 1 heterocycles. The van der Waals surface area contributed by atoms with Gasteiger partial charge in [0.2, 0.25) is 0 Å². The standard InChI is InChI=1S/C54H47NO/c1-6-54(7-2,8-3)38-25-27-39(28-26-38)55(40-29-30-46-45(34-40)44-32-36-17-9-10-18-37(36)33-47(44)53(46,4)5)48-31-24-35-16-11-12-19-41(35)51(48)43-21-15-23-50-52(43)42-20-13-14-22-49(42)56-50/h9-34H,6-8H2,1-5H3. The topological polar surface area (TPSA) is 16.4 Å². The Morgan fingerprint density at radius 2 is 1.12 bits per heavy atom.